The summed E-state index contributed by atoms with van der Waals surface area (Å²) >= 11 is 6.32. The second kappa shape index (κ2) is 7.02. The van der Waals surface area contributed by atoms with Gasteiger partial charge in [0.15, 0.2) is 0 Å². The molecule has 1 aromatic heterocycles. The zero-order valence-electron chi connectivity index (χ0n) is 11.4. The van der Waals surface area contributed by atoms with Gasteiger partial charge in [0.05, 0.1) is 16.4 Å². The van der Waals surface area contributed by atoms with Crippen molar-refractivity contribution in [3.05, 3.63) is 16.4 Å². The van der Waals surface area contributed by atoms with E-state index in [2.05, 4.69) is 24.3 Å². The van der Waals surface area contributed by atoms with E-state index < -0.39 is 0 Å². The van der Waals surface area contributed by atoms with Crippen molar-refractivity contribution < 1.29 is 0 Å². The molecule has 4 heteroatoms. The van der Waals surface area contributed by atoms with E-state index in [0.29, 0.717) is 6.04 Å². The molecule has 0 spiro atoms. The van der Waals surface area contributed by atoms with Crippen LogP contribution in [0.15, 0.2) is 0 Å². The van der Waals surface area contributed by atoms with Gasteiger partial charge in [-0.3, -0.25) is 4.68 Å². The number of hydrogen-bond donors (Lipinski definition) is 1. The summed E-state index contributed by atoms with van der Waals surface area (Å²) in [6.45, 7) is 7.18. The first-order valence-corrected chi connectivity index (χ1v) is 6.90. The normalized spacial score (nSPS) is 13.0. The van der Waals surface area contributed by atoms with Crippen LogP contribution in [0.2, 0.25) is 5.02 Å². The summed E-state index contributed by atoms with van der Waals surface area (Å²) in [5, 5.41) is 8.66. The number of nitrogens with one attached hydrogen (secondary N) is 1. The third-order valence-corrected chi connectivity index (χ3v) is 3.70. The van der Waals surface area contributed by atoms with E-state index in [4.69, 9.17) is 11.6 Å². The molecule has 0 saturated heterocycles. The fourth-order valence-electron chi connectivity index (χ4n) is 2.10. The van der Waals surface area contributed by atoms with Crippen molar-refractivity contribution in [1.29, 1.82) is 0 Å². The molecule has 0 aromatic carbocycles. The largest absolute Gasteiger partial charge is 0.317 e. The van der Waals surface area contributed by atoms with Crippen molar-refractivity contribution >= 4 is 11.6 Å². The Bertz CT molecular complexity index is 347. The van der Waals surface area contributed by atoms with Crippen molar-refractivity contribution in [3.8, 4) is 0 Å². The molecule has 0 bridgehead atoms. The third-order valence-electron chi connectivity index (χ3n) is 3.21. The fraction of sp³-hybridized carbons (Fsp3) is 0.769. The molecule has 0 radical (unpaired) electrons. The van der Waals surface area contributed by atoms with Crippen LogP contribution in [0, 0.1) is 6.92 Å². The number of unbranched alkanes of at least 4 members (excludes halogenated alkanes) is 1. The molecule has 17 heavy (non-hydrogen) atoms. The van der Waals surface area contributed by atoms with Gasteiger partial charge in [-0.25, -0.2) is 0 Å². The van der Waals surface area contributed by atoms with Gasteiger partial charge < -0.3 is 5.32 Å². The summed E-state index contributed by atoms with van der Waals surface area (Å²) < 4.78 is 2.02. The Morgan fingerprint density at radius 3 is 2.65 bits per heavy atom. The van der Waals surface area contributed by atoms with Crippen LogP contribution in [0.25, 0.3) is 0 Å². The number of rotatable bonds is 7. The van der Waals surface area contributed by atoms with Crippen molar-refractivity contribution in [3.63, 3.8) is 0 Å². The second-order valence-electron chi connectivity index (χ2n) is 4.49. The Morgan fingerprint density at radius 1 is 1.41 bits per heavy atom. The maximum atomic E-state index is 6.32. The zero-order chi connectivity index (χ0) is 12.8. The molecule has 98 valence electrons. The first kappa shape index (κ1) is 14.5. The van der Waals surface area contributed by atoms with Crippen LogP contribution in [0.1, 0.15) is 44.5 Å². The lowest BCUT2D eigenvalue weighted by molar-refractivity contribution is 0.478. The smallest absolute Gasteiger partial charge is 0.0847 e. The molecule has 1 atom stereocenters. The Balaban J connectivity index is 2.77. The second-order valence-corrected chi connectivity index (χ2v) is 4.87. The first-order chi connectivity index (χ1) is 8.13. The average Bonchev–Trinajstić information content (AvgIpc) is 2.61. The predicted molar refractivity (Wildman–Crippen MR) is 73.7 cm³/mol. The standard InChI is InChI=1S/C13H24ClN3/c1-5-7-8-11(15-4)9-12-13(14)10(3)16-17(12)6-2/h11,15H,5-9H2,1-4H3. The van der Waals surface area contributed by atoms with Crippen molar-refractivity contribution in [1.82, 2.24) is 15.1 Å². The van der Waals surface area contributed by atoms with E-state index in [1.807, 2.05) is 18.7 Å². The van der Waals surface area contributed by atoms with E-state index >= 15 is 0 Å². The summed E-state index contributed by atoms with van der Waals surface area (Å²) in [5.41, 5.74) is 2.11. The fourth-order valence-corrected chi connectivity index (χ4v) is 2.31. The van der Waals surface area contributed by atoms with Crippen LogP contribution in [0.5, 0.6) is 0 Å². The van der Waals surface area contributed by atoms with Gasteiger partial charge in [-0.15, -0.1) is 0 Å². The Morgan fingerprint density at radius 2 is 2.12 bits per heavy atom. The Kier molecular flexibility index (Phi) is 6.00. The molecule has 0 fully saturated rings. The maximum absolute atomic E-state index is 6.32. The van der Waals surface area contributed by atoms with Crippen LogP contribution in [0.4, 0.5) is 0 Å². The lowest BCUT2D eigenvalue weighted by Gasteiger charge is -2.16. The van der Waals surface area contributed by atoms with Crippen LogP contribution in [-0.2, 0) is 13.0 Å². The van der Waals surface area contributed by atoms with Crippen LogP contribution < -0.4 is 5.32 Å². The van der Waals surface area contributed by atoms with Gasteiger partial charge in [0.1, 0.15) is 0 Å². The highest BCUT2D eigenvalue weighted by atomic mass is 35.5. The molecule has 1 aromatic rings. The van der Waals surface area contributed by atoms with Crippen LogP contribution >= 0.6 is 11.6 Å². The number of likely N-dealkylation sites (N-methyl/N-ethyl adjacent to an activating group) is 1. The van der Waals surface area contributed by atoms with Gasteiger partial charge in [0, 0.05) is 19.0 Å². The van der Waals surface area contributed by atoms with E-state index in [1.54, 1.807) is 0 Å². The van der Waals surface area contributed by atoms with Gasteiger partial charge in [-0.05, 0) is 27.3 Å². The van der Waals surface area contributed by atoms with Gasteiger partial charge >= 0.3 is 0 Å². The minimum atomic E-state index is 0.494. The summed E-state index contributed by atoms with van der Waals surface area (Å²) in [6.07, 6.45) is 4.64. The Labute approximate surface area is 110 Å². The monoisotopic (exact) mass is 257 g/mol. The number of aromatic nitrogens is 2. The summed E-state index contributed by atoms with van der Waals surface area (Å²) in [6, 6.07) is 0.494. The molecular weight excluding hydrogens is 234 g/mol. The van der Waals surface area contributed by atoms with Gasteiger partial charge in [0.25, 0.3) is 0 Å². The SMILES string of the molecule is CCCCC(Cc1c(Cl)c(C)nn1CC)NC. The minimum absolute atomic E-state index is 0.494. The molecule has 0 aliphatic rings. The summed E-state index contributed by atoms with van der Waals surface area (Å²) in [7, 11) is 2.02. The number of nitrogens with zero attached hydrogens (tertiary/aromatic N) is 2. The molecule has 3 nitrogen and oxygen atoms in total. The molecular formula is C13H24ClN3. The third kappa shape index (κ3) is 3.71. The van der Waals surface area contributed by atoms with Crippen molar-refractivity contribution in [2.24, 2.45) is 0 Å². The number of aryl methyl sites for hydroxylation is 2. The highest BCUT2D eigenvalue weighted by molar-refractivity contribution is 6.31. The lowest BCUT2D eigenvalue weighted by atomic mass is 10.0. The molecule has 1 heterocycles. The Hall–Kier alpha value is -0.540. The first-order valence-electron chi connectivity index (χ1n) is 6.53. The predicted octanol–water partition coefficient (Wildman–Crippen LogP) is 3.19. The highest BCUT2D eigenvalue weighted by Crippen LogP contribution is 2.22. The lowest BCUT2D eigenvalue weighted by Crippen LogP contribution is -2.28. The van der Waals surface area contributed by atoms with E-state index in [0.717, 1.165) is 23.7 Å². The average molecular weight is 258 g/mol. The molecule has 1 unspecified atom stereocenters. The van der Waals surface area contributed by atoms with Crippen molar-refractivity contribution in [2.45, 2.75) is 59.0 Å². The molecule has 1 rings (SSSR count). The quantitative estimate of drug-likeness (QED) is 0.813. The highest BCUT2D eigenvalue weighted by Gasteiger charge is 2.16. The van der Waals surface area contributed by atoms with E-state index in [-0.39, 0.29) is 0 Å². The van der Waals surface area contributed by atoms with Gasteiger partial charge in [-0.2, -0.15) is 5.10 Å². The molecule has 1 N–H and O–H groups in total. The molecule has 0 saturated carbocycles. The van der Waals surface area contributed by atoms with Crippen molar-refractivity contribution in [2.75, 3.05) is 7.05 Å². The van der Waals surface area contributed by atoms with E-state index in [1.165, 1.54) is 25.0 Å². The van der Waals surface area contributed by atoms with E-state index in [9.17, 15) is 0 Å². The van der Waals surface area contributed by atoms with Crippen LogP contribution in [-0.4, -0.2) is 22.9 Å². The van der Waals surface area contributed by atoms with Crippen LogP contribution in [0.3, 0.4) is 0 Å². The molecule has 0 aliphatic carbocycles. The maximum Gasteiger partial charge on any atom is 0.0847 e. The summed E-state index contributed by atoms with van der Waals surface area (Å²) in [5.74, 6) is 0. The number of halogens is 1. The van der Waals surface area contributed by atoms with Gasteiger partial charge in [-0.1, -0.05) is 31.4 Å². The number of hydrogen-bond acceptors (Lipinski definition) is 2. The minimum Gasteiger partial charge on any atom is -0.317 e. The van der Waals surface area contributed by atoms with Gasteiger partial charge in [0.2, 0.25) is 0 Å². The molecule has 0 amide bonds. The zero-order valence-corrected chi connectivity index (χ0v) is 12.1. The summed E-state index contributed by atoms with van der Waals surface area (Å²) in [4.78, 5) is 0. The topological polar surface area (TPSA) is 29.9 Å². The molecule has 0 aliphatic heterocycles.